The van der Waals surface area contributed by atoms with Crippen molar-refractivity contribution in [3.8, 4) is 23.0 Å². The van der Waals surface area contributed by atoms with E-state index in [-0.39, 0.29) is 17.3 Å². The van der Waals surface area contributed by atoms with Crippen LogP contribution in [0, 0.1) is 0 Å². The van der Waals surface area contributed by atoms with E-state index in [1.54, 1.807) is 44.6 Å². The van der Waals surface area contributed by atoms with Gasteiger partial charge >= 0.3 is 0 Å². The van der Waals surface area contributed by atoms with Crippen molar-refractivity contribution < 1.29 is 24.1 Å². The highest BCUT2D eigenvalue weighted by Crippen LogP contribution is 2.35. The third-order valence-electron chi connectivity index (χ3n) is 3.33. The Balaban J connectivity index is 1.99. The summed E-state index contributed by atoms with van der Waals surface area (Å²) in [5.74, 6) is 1.60. The fraction of sp³-hybridized carbons (Fsp3) is 0.118. The van der Waals surface area contributed by atoms with Crippen molar-refractivity contribution in [3.05, 3.63) is 53.3 Å². The number of rotatable bonds is 3. The first kappa shape index (κ1) is 14.0. The summed E-state index contributed by atoms with van der Waals surface area (Å²) in [5.41, 5.74) is 1.15. The zero-order valence-corrected chi connectivity index (χ0v) is 12.1. The molecule has 1 heterocycles. The molecule has 0 aliphatic carbocycles. The average molecular weight is 298 g/mol. The molecule has 0 atom stereocenters. The lowest BCUT2D eigenvalue weighted by Gasteiger charge is -2.06. The summed E-state index contributed by atoms with van der Waals surface area (Å²) in [6, 6.07) is 9.70. The van der Waals surface area contributed by atoms with Gasteiger partial charge in [-0.15, -0.1) is 0 Å². The second-order valence-corrected chi connectivity index (χ2v) is 4.77. The highest BCUT2D eigenvalue weighted by Gasteiger charge is 2.27. The van der Waals surface area contributed by atoms with Gasteiger partial charge in [0, 0.05) is 12.1 Å². The van der Waals surface area contributed by atoms with E-state index in [4.69, 9.17) is 14.2 Å². The molecule has 112 valence electrons. The summed E-state index contributed by atoms with van der Waals surface area (Å²) in [6.45, 7) is 0. The van der Waals surface area contributed by atoms with Crippen molar-refractivity contribution in [1.29, 1.82) is 0 Å². The molecule has 1 aliphatic rings. The Morgan fingerprint density at radius 2 is 1.73 bits per heavy atom. The fourth-order valence-electron chi connectivity index (χ4n) is 2.24. The number of phenolic OH excluding ortho intramolecular Hbond substituents is 1. The van der Waals surface area contributed by atoms with Crippen molar-refractivity contribution in [2.75, 3.05) is 14.2 Å². The van der Waals surface area contributed by atoms with Gasteiger partial charge in [0.25, 0.3) is 0 Å². The monoisotopic (exact) mass is 298 g/mol. The van der Waals surface area contributed by atoms with Crippen LogP contribution in [0.5, 0.6) is 23.0 Å². The van der Waals surface area contributed by atoms with E-state index in [2.05, 4.69) is 0 Å². The maximum atomic E-state index is 12.3. The van der Waals surface area contributed by atoms with Crippen LogP contribution in [0.2, 0.25) is 0 Å². The minimum atomic E-state index is -0.225. The molecule has 0 unspecified atom stereocenters. The molecule has 5 nitrogen and oxygen atoms in total. The standard InChI is InChI=1S/C17H14O5/c1-20-12-5-10(6-13(9-12)21-2)7-16-17(19)14-4-3-11(18)8-15(14)22-16/h3-9,18H,1-2H3/b16-7+. The van der Waals surface area contributed by atoms with E-state index < -0.39 is 0 Å². The molecular weight excluding hydrogens is 284 g/mol. The topological polar surface area (TPSA) is 65.0 Å². The normalized spacial score (nSPS) is 14.6. The number of Topliss-reactive ketones (excluding diaryl/α,β-unsaturated/α-hetero) is 1. The zero-order valence-electron chi connectivity index (χ0n) is 12.1. The molecule has 0 saturated heterocycles. The molecule has 0 radical (unpaired) electrons. The van der Waals surface area contributed by atoms with Crippen LogP contribution in [0.15, 0.2) is 42.2 Å². The SMILES string of the molecule is COc1cc(/C=C2/Oc3cc(O)ccc3C2=O)cc(OC)c1. The number of hydrogen-bond acceptors (Lipinski definition) is 5. The fourth-order valence-corrected chi connectivity index (χ4v) is 2.24. The molecule has 3 rings (SSSR count). The second-order valence-electron chi connectivity index (χ2n) is 4.77. The molecular formula is C17H14O5. The minimum Gasteiger partial charge on any atom is -0.508 e. The number of ketones is 1. The van der Waals surface area contributed by atoms with Crippen molar-refractivity contribution in [1.82, 2.24) is 0 Å². The number of carbonyl (C=O) groups excluding carboxylic acids is 1. The number of carbonyl (C=O) groups is 1. The summed E-state index contributed by atoms with van der Waals surface area (Å²) in [5, 5.41) is 9.45. The molecule has 2 aromatic carbocycles. The van der Waals surface area contributed by atoms with E-state index in [9.17, 15) is 9.90 Å². The summed E-state index contributed by atoms with van der Waals surface area (Å²) in [6.07, 6.45) is 1.62. The maximum Gasteiger partial charge on any atom is 0.231 e. The molecule has 1 aliphatic heterocycles. The highest BCUT2D eigenvalue weighted by molar-refractivity contribution is 6.14. The average Bonchev–Trinajstić information content (AvgIpc) is 2.82. The Morgan fingerprint density at radius 1 is 1.05 bits per heavy atom. The summed E-state index contributed by atoms with van der Waals surface area (Å²) >= 11 is 0. The van der Waals surface area contributed by atoms with Crippen LogP contribution < -0.4 is 14.2 Å². The first-order valence-corrected chi connectivity index (χ1v) is 6.61. The molecule has 2 aromatic rings. The third kappa shape index (κ3) is 2.48. The zero-order chi connectivity index (χ0) is 15.7. The van der Waals surface area contributed by atoms with Gasteiger partial charge in [0.2, 0.25) is 5.78 Å². The second kappa shape index (κ2) is 5.44. The van der Waals surface area contributed by atoms with E-state index in [0.717, 1.165) is 5.56 Å². The van der Waals surface area contributed by atoms with Crippen molar-refractivity contribution in [3.63, 3.8) is 0 Å². The maximum absolute atomic E-state index is 12.3. The van der Waals surface area contributed by atoms with E-state index in [1.807, 2.05) is 0 Å². The van der Waals surface area contributed by atoms with Crippen LogP contribution >= 0.6 is 0 Å². The number of benzene rings is 2. The summed E-state index contributed by atoms with van der Waals surface area (Å²) in [4.78, 5) is 12.3. The van der Waals surface area contributed by atoms with E-state index in [0.29, 0.717) is 22.8 Å². The van der Waals surface area contributed by atoms with Crippen LogP contribution in [0.25, 0.3) is 6.08 Å². The van der Waals surface area contributed by atoms with Crippen LogP contribution in [-0.4, -0.2) is 25.1 Å². The lowest BCUT2D eigenvalue weighted by atomic mass is 10.1. The Labute approximate surface area is 127 Å². The van der Waals surface area contributed by atoms with Crippen LogP contribution in [0.4, 0.5) is 0 Å². The number of allylic oxidation sites excluding steroid dienone is 1. The number of phenols is 1. The Bertz CT molecular complexity index is 754. The predicted molar refractivity (Wildman–Crippen MR) is 80.6 cm³/mol. The molecule has 0 spiro atoms. The van der Waals surface area contributed by atoms with Gasteiger partial charge in [-0.1, -0.05) is 0 Å². The van der Waals surface area contributed by atoms with E-state index in [1.165, 1.54) is 12.1 Å². The number of hydrogen-bond donors (Lipinski definition) is 1. The third-order valence-corrected chi connectivity index (χ3v) is 3.33. The lowest BCUT2D eigenvalue weighted by Crippen LogP contribution is -1.98. The van der Waals surface area contributed by atoms with E-state index >= 15 is 0 Å². The Kier molecular flexibility index (Phi) is 3.47. The van der Waals surface area contributed by atoms with Gasteiger partial charge in [0.1, 0.15) is 23.0 Å². The summed E-state index contributed by atoms with van der Waals surface area (Å²) < 4.78 is 15.9. The van der Waals surface area contributed by atoms with Gasteiger partial charge < -0.3 is 19.3 Å². The van der Waals surface area contributed by atoms with Crippen molar-refractivity contribution in [2.24, 2.45) is 0 Å². The van der Waals surface area contributed by atoms with Crippen molar-refractivity contribution in [2.45, 2.75) is 0 Å². The number of ether oxygens (including phenoxy) is 3. The van der Waals surface area contributed by atoms with Gasteiger partial charge in [-0.2, -0.15) is 0 Å². The van der Waals surface area contributed by atoms with Crippen LogP contribution in [0.1, 0.15) is 15.9 Å². The largest absolute Gasteiger partial charge is 0.508 e. The van der Waals surface area contributed by atoms with Crippen LogP contribution in [0.3, 0.4) is 0 Å². The predicted octanol–water partition coefficient (Wildman–Crippen LogP) is 3.03. The highest BCUT2D eigenvalue weighted by atomic mass is 16.5. The molecule has 22 heavy (non-hydrogen) atoms. The number of aromatic hydroxyl groups is 1. The van der Waals surface area contributed by atoms with Crippen molar-refractivity contribution >= 4 is 11.9 Å². The summed E-state index contributed by atoms with van der Waals surface area (Å²) in [7, 11) is 3.11. The molecule has 0 fully saturated rings. The quantitative estimate of drug-likeness (QED) is 0.882. The first-order chi connectivity index (χ1) is 10.6. The molecule has 5 heteroatoms. The molecule has 0 bridgehead atoms. The van der Waals surface area contributed by atoms with Gasteiger partial charge in [0.05, 0.1) is 19.8 Å². The minimum absolute atomic E-state index is 0.0517. The Hall–Kier alpha value is -2.95. The first-order valence-electron chi connectivity index (χ1n) is 6.61. The molecule has 0 aromatic heterocycles. The molecule has 1 N–H and O–H groups in total. The molecule has 0 amide bonds. The van der Waals surface area contributed by atoms with Gasteiger partial charge in [0.15, 0.2) is 5.76 Å². The van der Waals surface area contributed by atoms with Gasteiger partial charge in [-0.05, 0) is 35.9 Å². The Morgan fingerprint density at radius 3 is 2.36 bits per heavy atom. The lowest BCUT2D eigenvalue weighted by molar-refractivity contribution is 0.101. The van der Waals surface area contributed by atoms with Gasteiger partial charge in [-0.25, -0.2) is 0 Å². The van der Waals surface area contributed by atoms with Gasteiger partial charge in [-0.3, -0.25) is 4.79 Å². The smallest absolute Gasteiger partial charge is 0.231 e. The van der Waals surface area contributed by atoms with Crippen LogP contribution in [-0.2, 0) is 0 Å². The number of fused-ring (bicyclic) bond motifs is 1. The number of methoxy groups -OCH3 is 2. The molecule has 0 saturated carbocycles.